The molecule has 0 aromatic carbocycles. The SMILES string of the molecule is CC(C)OC1(CN)CC(C)(C)CC(C)(C)C1. The molecule has 1 aliphatic rings. The van der Waals surface area contributed by atoms with Crippen molar-refractivity contribution >= 4 is 0 Å². The van der Waals surface area contributed by atoms with Crippen molar-refractivity contribution in [2.45, 2.75) is 72.5 Å². The van der Waals surface area contributed by atoms with Gasteiger partial charge in [0.2, 0.25) is 0 Å². The predicted octanol–water partition coefficient (Wildman–Crippen LogP) is 3.35. The van der Waals surface area contributed by atoms with Crippen molar-refractivity contribution in [2.24, 2.45) is 16.6 Å². The highest BCUT2D eigenvalue weighted by atomic mass is 16.5. The maximum absolute atomic E-state index is 6.17. The molecule has 96 valence electrons. The minimum absolute atomic E-state index is 0.112. The zero-order valence-corrected chi connectivity index (χ0v) is 11.9. The Bertz CT molecular complexity index is 227. The summed E-state index contributed by atoms with van der Waals surface area (Å²) in [5.41, 5.74) is 6.55. The molecule has 1 saturated carbocycles. The summed E-state index contributed by atoms with van der Waals surface area (Å²) < 4.78 is 6.17. The molecule has 0 aromatic heterocycles. The number of rotatable bonds is 3. The van der Waals surface area contributed by atoms with Crippen molar-refractivity contribution in [1.29, 1.82) is 0 Å². The standard InChI is InChI=1S/C14H29NO/c1-11(2)16-14(10-15)8-12(3,4)7-13(5,6)9-14/h11H,7-10,15H2,1-6H3. The Hall–Kier alpha value is -0.0800. The maximum atomic E-state index is 6.17. The lowest BCUT2D eigenvalue weighted by Crippen LogP contribution is -2.53. The summed E-state index contributed by atoms with van der Waals surface area (Å²) in [7, 11) is 0. The Morgan fingerprint density at radius 3 is 1.75 bits per heavy atom. The molecule has 0 unspecified atom stereocenters. The summed E-state index contributed by atoms with van der Waals surface area (Å²) in [4.78, 5) is 0. The van der Waals surface area contributed by atoms with Gasteiger partial charge in [-0.25, -0.2) is 0 Å². The van der Waals surface area contributed by atoms with Crippen LogP contribution in [-0.4, -0.2) is 18.2 Å². The number of hydrogen-bond acceptors (Lipinski definition) is 2. The van der Waals surface area contributed by atoms with Crippen molar-refractivity contribution in [1.82, 2.24) is 0 Å². The van der Waals surface area contributed by atoms with Gasteiger partial charge in [0, 0.05) is 6.54 Å². The Morgan fingerprint density at radius 2 is 1.44 bits per heavy atom. The van der Waals surface area contributed by atoms with Gasteiger partial charge in [-0.3, -0.25) is 0 Å². The highest BCUT2D eigenvalue weighted by Crippen LogP contribution is 2.51. The highest BCUT2D eigenvalue weighted by Gasteiger charge is 2.47. The lowest BCUT2D eigenvalue weighted by Gasteiger charge is -2.52. The molecule has 0 saturated heterocycles. The van der Waals surface area contributed by atoms with Crippen LogP contribution in [0.3, 0.4) is 0 Å². The molecule has 0 radical (unpaired) electrons. The van der Waals surface area contributed by atoms with Gasteiger partial charge >= 0.3 is 0 Å². The number of nitrogens with two attached hydrogens (primary N) is 1. The van der Waals surface area contributed by atoms with E-state index in [1.54, 1.807) is 0 Å². The number of ether oxygens (including phenoxy) is 1. The van der Waals surface area contributed by atoms with Crippen molar-refractivity contribution in [3.05, 3.63) is 0 Å². The lowest BCUT2D eigenvalue weighted by molar-refractivity contribution is -0.146. The molecule has 0 bridgehead atoms. The molecule has 0 atom stereocenters. The normalized spacial score (nSPS) is 27.0. The summed E-state index contributed by atoms with van der Waals surface area (Å²) in [5.74, 6) is 0. The third-order valence-electron chi connectivity index (χ3n) is 3.42. The van der Waals surface area contributed by atoms with E-state index < -0.39 is 0 Å². The van der Waals surface area contributed by atoms with Gasteiger partial charge in [0.25, 0.3) is 0 Å². The van der Waals surface area contributed by atoms with Gasteiger partial charge < -0.3 is 10.5 Å². The van der Waals surface area contributed by atoms with Crippen LogP contribution in [0.4, 0.5) is 0 Å². The van der Waals surface area contributed by atoms with E-state index in [0.29, 0.717) is 17.4 Å². The van der Waals surface area contributed by atoms with Crippen LogP contribution in [0.25, 0.3) is 0 Å². The van der Waals surface area contributed by atoms with E-state index in [0.717, 1.165) is 12.8 Å². The fourth-order valence-electron chi connectivity index (χ4n) is 4.00. The second-order valence-corrected chi connectivity index (χ2v) is 7.41. The van der Waals surface area contributed by atoms with Crippen LogP contribution in [0, 0.1) is 10.8 Å². The van der Waals surface area contributed by atoms with E-state index in [1.165, 1.54) is 6.42 Å². The zero-order chi connectivity index (χ0) is 12.6. The Labute approximate surface area is 101 Å². The van der Waals surface area contributed by atoms with Gasteiger partial charge in [-0.1, -0.05) is 27.7 Å². The van der Waals surface area contributed by atoms with E-state index in [-0.39, 0.29) is 11.7 Å². The molecule has 16 heavy (non-hydrogen) atoms. The van der Waals surface area contributed by atoms with Crippen molar-refractivity contribution < 1.29 is 4.74 Å². The molecule has 0 heterocycles. The molecule has 1 rings (SSSR count). The van der Waals surface area contributed by atoms with Gasteiger partial charge in [0.1, 0.15) is 0 Å². The summed E-state index contributed by atoms with van der Waals surface area (Å²) in [6.07, 6.45) is 3.67. The molecule has 1 aliphatic carbocycles. The fraction of sp³-hybridized carbons (Fsp3) is 1.00. The summed E-state index contributed by atoms with van der Waals surface area (Å²) in [5, 5.41) is 0. The molecule has 0 aromatic rings. The van der Waals surface area contributed by atoms with Crippen LogP contribution in [0.2, 0.25) is 0 Å². The Balaban J connectivity index is 2.92. The first-order valence-corrected chi connectivity index (χ1v) is 6.48. The van der Waals surface area contributed by atoms with Crippen molar-refractivity contribution in [3.63, 3.8) is 0 Å². The van der Waals surface area contributed by atoms with Crippen LogP contribution in [0.15, 0.2) is 0 Å². The van der Waals surface area contributed by atoms with Crippen LogP contribution < -0.4 is 5.73 Å². The minimum Gasteiger partial charge on any atom is -0.371 e. The van der Waals surface area contributed by atoms with Gasteiger partial charge in [-0.15, -0.1) is 0 Å². The molecule has 0 spiro atoms. The Morgan fingerprint density at radius 1 is 1.00 bits per heavy atom. The van der Waals surface area contributed by atoms with Crippen molar-refractivity contribution in [2.75, 3.05) is 6.54 Å². The van der Waals surface area contributed by atoms with Crippen molar-refractivity contribution in [3.8, 4) is 0 Å². The molecule has 2 nitrogen and oxygen atoms in total. The quantitative estimate of drug-likeness (QED) is 0.802. The molecule has 2 heteroatoms. The largest absolute Gasteiger partial charge is 0.371 e. The summed E-state index contributed by atoms with van der Waals surface area (Å²) in [6, 6.07) is 0. The van der Waals surface area contributed by atoms with E-state index in [9.17, 15) is 0 Å². The monoisotopic (exact) mass is 227 g/mol. The average molecular weight is 227 g/mol. The van der Waals surface area contributed by atoms with Crippen LogP contribution in [-0.2, 0) is 4.74 Å². The minimum atomic E-state index is -0.112. The maximum Gasteiger partial charge on any atom is 0.0817 e. The lowest BCUT2D eigenvalue weighted by atomic mass is 9.59. The third kappa shape index (κ3) is 3.46. The van der Waals surface area contributed by atoms with E-state index >= 15 is 0 Å². The zero-order valence-electron chi connectivity index (χ0n) is 11.9. The second-order valence-electron chi connectivity index (χ2n) is 7.41. The van der Waals surface area contributed by atoms with Gasteiger partial charge in [-0.2, -0.15) is 0 Å². The molecular formula is C14H29NO. The average Bonchev–Trinajstić information content (AvgIpc) is 1.96. The van der Waals surface area contributed by atoms with Crippen LogP contribution >= 0.6 is 0 Å². The predicted molar refractivity (Wildman–Crippen MR) is 69.4 cm³/mol. The van der Waals surface area contributed by atoms with Gasteiger partial charge in [-0.05, 0) is 43.9 Å². The second kappa shape index (κ2) is 4.30. The molecule has 0 aliphatic heterocycles. The van der Waals surface area contributed by atoms with Crippen LogP contribution in [0.5, 0.6) is 0 Å². The third-order valence-corrected chi connectivity index (χ3v) is 3.42. The van der Waals surface area contributed by atoms with E-state index in [4.69, 9.17) is 10.5 Å². The molecule has 1 fully saturated rings. The Kier molecular flexibility index (Phi) is 3.76. The van der Waals surface area contributed by atoms with Crippen LogP contribution in [0.1, 0.15) is 60.8 Å². The van der Waals surface area contributed by atoms with E-state index in [1.807, 2.05) is 0 Å². The first-order chi connectivity index (χ1) is 7.10. The summed E-state index contributed by atoms with van der Waals surface area (Å²) in [6.45, 7) is 14.2. The molecular weight excluding hydrogens is 198 g/mol. The smallest absolute Gasteiger partial charge is 0.0817 e. The number of hydrogen-bond donors (Lipinski definition) is 1. The topological polar surface area (TPSA) is 35.2 Å². The first-order valence-electron chi connectivity index (χ1n) is 6.48. The highest BCUT2D eigenvalue weighted by molar-refractivity contribution is 4.99. The van der Waals surface area contributed by atoms with Gasteiger partial charge in [0.15, 0.2) is 0 Å². The molecule has 0 amide bonds. The molecule has 2 N–H and O–H groups in total. The summed E-state index contributed by atoms with van der Waals surface area (Å²) >= 11 is 0. The van der Waals surface area contributed by atoms with Gasteiger partial charge in [0.05, 0.1) is 11.7 Å². The van der Waals surface area contributed by atoms with E-state index in [2.05, 4.69) is 41.5 Å². The fourth-order valence-corrected chi connectivity index (χ4v) is 4.00. The first kappa shape index (κ1) is 14.0.